The summed E-state index contributed by atoms with van der Waals surface area (Å²) >= 11 is 7.61. The van der Waals surface area contributed by atoms with E-state index >= 15 is 0 Å². The summed E-state index contributed by atoms with van der Waals surface area (Å²) in [4.78, 5) is 46.7. The first-order valence-electron chi connectivity index (χ1n) is 16.4. The molecule has 5 rings (SSSR count). The van der Waals surface area contributed by atoms with E-state index in [0.29, 0.717) is 22.4 Å². The average Bonchev–Trinajstić information content (AvgIpc) is 3.18. The molecule has 1 N–H and O–H groups in total. The summed E-state index contributed by atoms with van der Waals surface area (Å²) in [6.45, 7) is 5.52. The Morgan fingerprint density at radius 3 is 2.32 bits per heavy atom. The highest BCUT2D eigenvalue weighted by Gasteiger charge is 2.35. The van der Waals surface area contributed by atoms with Crippen LogP contribution in [0.3, 0.4) is 0 Å². The molecule has 11 heteroatoms. The van der Waals surface area contributed by atoms with Crippen molar-refractivity contribution >= 4 is 52.3 Å². The lowest BCUT2D eigenvalue weighted by Gasteiger charge is -2.28. The fraction of sp³-hybridized carbons (Fsp3) is 0.119. The first-order chi connectivity index (χ1) is 25.8. The molecule has 1 heterocycles. The number of ether oxygens (including phenoxy) is 2. The quantitative estimate of drug-likeness (QED) is 0.0833. The highest BCUT2D eigenvalue weighted by Crippen LogP contribution is 2.38. The maximum Gasteiger partial charge on any atom is 0.285 e. The topological polar surface area (TPSA) is 121 Å². The molecule has 4 aromatic carbocycles. The smallest absolute Gasteiger partial charge is 0.285 e. The number of carbonyl (C=O) groups excluding carboxylic acids is 3. The molecule has 0 unspecified atom stereocenters. The van der Waals surface area contributed by atoms with Gasteiger partial charge in [0.1, 0.15) is 12.2 Å². The van der Waals surface area contributed by atoms with Gasteiger partial charge >= 0.3 is 0 Å². The number of halogens is 1. The highest BCUT2D eigenvalue weighted by atomic mass is 35.5. The van der Waals surface area contributed by atoms with Gasteiger partial charge in [-0.3, -0.25) is 19.3 Å². The summed E-state index contributed by atoms with van der Waals surface area (Å²) < 4.78 is 11.5. The van der Waals surface area contributed by atoms with Crippen LogP contribution in [0.25, 0.3) is 6.08 Å². The lowest BCUT2D eigenvalue weighted by Crippen LogP contribution is -2.42. The number of methoxy groups -OCH3 is 1. The van der Waals surface area contributed by atoms with E-state index in [2.05, 4.69) is 23.0 Å². The number of allylic oxidation sites excluding steroid dienone is 4. The SMILES string of the molecule is C=C/C=C\C(=C/C)N1C(=O)/C(=C/c2cc(Cl)c(OCc3ccccc3C#N)c(OC)c2)C(=O)N=C1SCC(=O)NC(c1ccccc1)c1ccccc1. The Kier molecular flexibility index (Phi) is 13.2. The molecule has 0 saturated heterocycles. The second kappa shape index (κ2) is 18.4. The molecule has 1 aliphatic heterocycles. The molecule has 0 fully saturated rings. The first-order valence-corrected chi connectivity index (χ1v) is 17.8. The van der Waals surface area contributed by atoms with Crippen LogP contribution < -0.4 is 14.8 Å². The third kappa shape index (κ3) is 9.40. The van der Waals surface area contributed by atoms with Crippen molar-refractivity contribution in [3.05, 3.63) is 172 Å². The number of nitrogens with one attached hydrogen (secondary N) is 1. The molecular formula is C42H35ClN4O5S. The number of hydrogen-bond acceptors (Lipinski definition) is 7. The maximum absolute atomic E-state index is 14.2. The molecule has 266 valence electrons. The molecule has 9 nitrogen and oxygen atoms in total. The Morgan fingerprint density at radius 2 is 1.70 bits per heavy atom. The molecular weight excluding hydrogens is 708 g/mol. The molecule has 1 aliphatic rings. The van der Waals surface area contributed by atoms with Gasteiger partial charge in [0.15, 0.2) is 16.7 Å². The van der Waals surface area contributed by atoms with E-state index in [9.17, 15) is 19.6 Å². The summed E-state index contributed by atoms with van der Waals surface area (Å²) in [6, 6.07) is 31.1. The summed E-state index contributed by atoms with van der Waals surface area (Å²) in [7, 11) is 1.44. The number of nitriles is 1. The number of thioether (sulfide) groups is 1. The van der Waals surface area contributed by atoms with Crippen molar-refractivity contribution < 1.29 is 23.9 Å². The van der Waals surface area contributed by atoms with E-state index < -0.39 is 17.9 Å². The van der Waals surface area contributed by atoms with Crippen molar-refractivity contribution in [2.45, 2.75) is 19.6 Å². The minimum atomic E-state index is -0.785. The Morgan fingerprint density at radius 1 is 1.04 bits per heavy atom. The predicted molar refractivity (Wildman–Crippen MR) is 209 cm³/mol. The van der Waals surface area contributed by atoms with Crippen LogP contribution >= 0.6 is 23.4 Å². The lowest BCUT2D eigenvalue weighted by molar-refractivity contribution is -0.126. The number of hydrogen-bond donors (Lipinski definition) is 1. The highest BCUT2D eigenvalue weighted by molar-refractivity contribution is 8.14. The third-order valence-corrected chi connectivity index (χ3v) is 9.20. The summed E-state index contributed by atoms with van der Waals surface area (Å²) in [6.07, 6.45) is 7.94. The van der Waals surface area contributed by atoms with Gasteiger partial charge in [0, 0.05) is 11.3 Å². The maximum atomic E-state index is 14.2. The minimum Gasteiger partial charge on any atom is -0.493 e. The number of nitrogens with zero attached hydrogens (tertiary/aromatic N) is 3. The van der Waals surface area contributed by atoms with Crippen LogP contribution in [-0.2, 0) is 21.0 Å². The zero-order valence-electron chi connectivity index (χ0n) is 29.0. The molecule has 0 radical (unpaired) electrons. The van der Waals surface area contributed by atoms with Crippen molar-refractivity contribution in [3.63, 3.8) is 0 Å². The molecule has 0 spiro atoms. The minimum absolute atomic E-state index is 0.0436. The fourth-order valence-electron chi connectivity index (χ4n) is 5.43. The van der Waals surface area contributed by atoms with Crippen LogP contribution in [0.2, 0.25) is 5.02 Å². The van der Waals surface area contributed by atoms with E-state index in [1.807, 2.05) is 60.7 Å². The van der Waals surface area contributed by atoms with Crippen molar-refractivity contribution in [3.8, 4) is 17.6 Å². The summed E-state index contributed by atoms with van der Waals surface area (Å²) in [5.74, 6) is -1.39. The molecule has 3 amide bonds. The van der Waals surface area contributed by atoms with Gasteiger partial charge in [0.2, 0.25) is 5.91 Å². The van der Waals surface area contributed by atoms with Crippen LogP contribution in [0.15, 0.2) is 144 Å². The van der Waals surface area contributed by atoms with E-state index in [1.165, 1.54) is 24.2 Å². The Bertz CT molecular complexity index is 2140. The van der Waals surface area contributed by atoms with E-state index in [0.717, 1.165) is 22.9 Å². The molecule has 0 bridgehead atoms. The van der Waals surface area contributed by atoms with Crippen LogP contribution in [0, 0.1) is 11.3 Å². The van der Waals surface area contributed by atoms with Crippen LogP contribution in [0.1, 0.15) is 40.8 Å². The van der Waals surface area contributed by atoms with Crippen LogP contribution in [-0.4, -0.2) is 40.7 Å². The van der Waals surface area contributed by atoms with Gasteiger partial charge in [-0.05, 0) is 54.0 Å². The van der Waals surface area contributed by atoms with Gasteiger partial charge in [-0.15, -0.1) is 0 Å². The van der Waals surface area contributed by atoms with E-state index in [1.54, 1.807) is 61.6 Å². The predicted octanol–water partition coefficient (Wildman–Crippen LogP) is 8.19. The number of carbonyl (C=O) groups is 3. The second-order valence-corrected chi connectivity index (χ2v) is 12.8. The van der Waals surface area contributed by atoms with Crippen molar-refractivity contribution in [1.29, 1.82) is 5.26 Å². The molecule has 53 heavy (non-hydrogen) atoms. The second-order valence-electron chi connectivity index (χ2n) is 11.4. The molecule has 4 aromatic rings. The molecule has 0 saturated carbocycles. The van der Waals surface area contributed by atoms with Gasteiger partial charge in [0.25, 0.3) is 11.8 Å². The number of rotatable bonds is 13. The largest absolute Gasteiger partial charge is 0.493 e. The first kappa shape index (κ1) is 38.1. The van der Waals surface area contributed by atoms with Crippen LogP contribution in [0.5, 0.6) is 11.5 Å². The van der Waals surface area contributed by atoms with Gasteiger partial charge in [0.05, 0.1) is 35.6 Å². The summed E-state index contributed by atoms with van der Waals surface area (Å²) in [5, 5.41) is 12.7. The standard InChI is InChI=1S/C42H35ClN4O5S/c1-4-6-21-33(5-2)47-41(50)34(22-28-23-35(43)39(36(24-28)51-3)52-26-32-20-14-13-19-31(32)25-44)40(49)46-42(47)53-27-37(48)45-38(29-15-9-7-10-16-29)30-17-11-8-12-18-30/h4-24,38H,1,26-27H2,2-3H3,(H,45,48)/b21-6-,33-5+,34-22+. The number of aliphatic imine (C=N–C) groups is 1. The lowest BCUT2D eigenvalue weighted by atomic mass is 9.99. The van der Waals surface area contributed by atoms with Crippen molar-refractivity contribution in [1.82, 2.24) is 10.2 Å². The van der Waals surface area contributed by atoms with Crippen LogP contribution in [0.4, 0.5) is 0 Å². The average molecular weight is 743 g/mol. The molecule has 0 aliphatic carbocycles. The normalized spacial score (nSPS) is 13.9. The van der Waals surface area contributed by atoms with Gasteiger partial charge < -0.3 is 14.8 Å². The zero-order valence-corrected chi connectivity index (χ0v) is 30.6. The number of benzene rings is 4. The van der Waals surface area contributed by atoms with Gasteiger partial charge in [-0.2, -0.15) is 10.3 Å². The number of amidine groups is 1. The number of amides is 3. The molecule has 0 atom stereocenters. The Hall–Kier alpha value is -6.15. The van der Waals surface area contributed by atoms with Crippen molar-refractivity contribution in [2.75, 3.05) is 12.9 Å². The molecule has 0 aromatic heterocycles. The van der Waals surface area contributed by atoms with Crippen molar-refractivity contribution in [2.24, 2.45) is 4.99 Å². The monoisotopic (exact) mass is 742 g/mol. The fourth-order valence-corrected chi connectivity index (χ4v) is 6.51. The van der Waals surface area contributed by atoms with E-state index in [4.69, 9.17) is 21.1 Å². The Labute approximate surface area is 317 Å². The van der Waals surface area contributed by atoms with Gasteiger partial charge in [-0.25, -0.2) is 0 Å². The Balaban J connectivity index is 1.41. The third-order valence-electron chi connectivity index (χ3n) is 7.99. The summed E-state index contributed by atoms with van der Waals surface area (Å²) in [5.41, 5.74) is 3.51. The van der Waals surface area contributed by atoms with Gasteiger partial charge in [-0.1, -0.05) is 127 Å². The zero-order chi connectivity index (χ0) is 37.7. The van der Waals surface area contributed by atoms with E-state index in [-0.39, 0.29) is 45.5 Å².